The first-order valence-electron chi connectivity index (χ1n) is 10.6. The maximum atomic E-state index is 2.42. The summed E-state index contributed by atoms with van der Waals surface area (Å²) in [6, 6.07) is 22.6. The van der Waals surface area contributed by atoms with Crippen LogP contribution in [0.4, 0.5) is 0 Å². The van der Waals surface area contributed by atoms with Crippen molar-refractivity contribution in [2.45, 2.75) is 52.9 Å². The number of fused-ring (bicyclic) bond motifs is 2. The Balaban J connectivity index is 2.06. The number of hydrogen-bond acceptors (Lipinski definition) is 0. The molecular weight excluding hydrogens is 350 g/mol. The average Bonchev–Trinajstić information content (AvgIpc) is 2.68. The Labute approximate surface area is 175 Å². The molecule has 0 atom stereocenters. The zero-order chi connectivity index (χ0) is 20.9. The summed E-state index contributed by atoms with van der Waals surface area (Å²) in [6.45, 7) is 13.7. The van der Waals surface area contributed by atoms with Crippen molar-refractivity contribution in [3.8, 4) is 11.3 Å². The maximum absolute atomic E-state index is 2.42. The van der Waals surface area contributed by atoms with Gasteiger partial charge < -0.3 is 0 Å². The van der Waals surface area contributed by atoms with Crippen molar-refractivity contribution in [3.63, 3.8) is 0 Å². The lowest BCUT2D eigenvalue weighted by Gasteiger charge is -2.24. The number of hydrogen-bond donors (Lipinski definition) is 0. The molecule has 0 fully saturated rings. The molecule has 29 heavy (non-hydrogen) atoms. The maximum Gasteiger partial charge on any atom is 0.213 e. The molecule has 0 aliphatic rings. The summed E-state index contributed by atoms with van der Waals surface area (Å²) in [5.74, 6) is 0.513. The number of nitrogens with zero attached hydrogens (tertiary/aromatic N) is 1. The standard InChI is InChI=1S/C28H32N/c1-18(2)20-13-10-14-26-23(20)15-16-27(29(26)7)24-17-25(28(4,5)6)22-12-9-8-11-21(22)19(24)3/h8-18H,1-7H3/q+1. The van der Waals surface area contributed by atoms with Crippen LogP contribution in [-0.4, -0.2) is 0 Å². The number of aromatic nitrogens is 1. The topological polar surface area (TPSA) is 3.88 Å². The van der Waals surface area contributed by atoms with Gasteiger partial charge >= 0.3 is 0 Å². The van der Waals surface area contributed by atoms with Crippen molar-refractivity contribution in [2.75, 3.05) is 0 Å². The van der Waals surface area contributed by atoms with Gasteiger partial charge in [-0.25, -0.2) is 0 Å². The SMILES string of the molecule is Cc1c(-c2ccc3c(C(C)C)cccc3[n+]2C)cc(C(C)(C)C)c2ccccc12. The molecule has 4 aromatic rings. The molecule has 0 amide bonds. The van der Waals surface area contributed by atoms with Crippen LogP contribution in [0.2, 0.25) is 0 Å². The highest BCUT2D eigenvalue weighted by atomic mass is 14.9. The highest BCUT2D eigenvalue weighted by molar-refractivity contribution is 5.94. The highest BCUT2D eigenvalue weighted by Crippen LogP contribution is 2.37. The molecule has 0 aliphatic carbocycles. The van der Waals surface area contributed by atoms with Gasteiger partial charge in [-0.3, -0.25) is 0 Å². The predicted molar refractivity (Wildman–Crippen MR) is 126 cm³/mol. The van der Waals surface area contributed by atoms with Crippen molar-refractivity contribution in [1.29, 1.82) is 0 Å². The predicted octanol–water partition coefficient (Wildman–Crippen LogP) is 7.21. The van der Waals surface area contributed by atoms with E-state index in [9.17, 15) is 0 Å². The van der Waals surface area contributed by atoms with Gasteiger partial charge in [-0.15, -0.1) is 0 Å². The molecule has 0 bridgehead atoms. The molecule has 0 aliphatic heterocycles. The third-order valence-corrected chi connectivity index (χ3v) is 6.27. The first-order chi connectivity index (χ1) is 13.7. The van der Waals surface area contributed by atoms with Gasteiger partial charge in [0, 0.05) is 23.1 Å². The zero-order valence-corrected chi connectivity index (χ0v) is 18.8. The minimum absolute atomic E-state index is 0.0856. The minimum Gasteiger partial charge on any atom is -0.194 e. The molecule has 0 saturated heterocycles. The summed E-state index contributed by atoms with van der Waals surface area (Å²) in [7, 11) is 2.20. The van der Waals surface area contributed by atoms with Crippen LogP contribution in [-0.2, 0) is 12.5 Å². The van der Waals surface area contributed by atoms with E-state index in [4.69, 9.17) is 0 Å². The normalized spacial score (nSPS) is 12.3. The van der Waals surface area contributed by atoms with E-state index < -0.39 is 0 Å². The second-order valence-electron chi connectivity index (χ2n) is 9.60. The number of pyridine rings is 1. The van der Waals surface area contributed by atoms with Crippen LogP contribution in [0.5, 0.6) is 0 Å². The summed E-state index contributed by atoms with van der Waals surface area (Å²) < 4.78 is 2.37. The minimum atomic E-state index is 0.0856. The van der Waals surface area contributed by atoms with Crippen molar-refractivity contribution >= 4 is 21.7 Å². The van der Waals surface area contributed by atoms with Crippen LogP contribution in [0.15, 0.2) is 60.7 Å². The third kappa shape index (κ3) is 3.23. The van der Waals surface area contributed by atoms with Gasteiger partial charge in [0.05, 0.1) is 0 Å². The van der Waals surface area contributed by atoms with Gasteiger partial charge in [0.15, 0.2) is 0 Å². The van der Waals surface area contributed by atoms with Crippen LogP contribution in [0.3, 0.4) is 0 Å². The fraction of sp³-hybridized carbons (Fsp3) is 0.321. The van der Waals surface area contributed by atoms with E-state index >= 15 is 0 Å². The highest BCUT2D eigenvalue weighted by Gasteiger charge is 2.24. The van der Waals surface area contributed by atoms with Crippen LogP contribution < -0.4 is 4.57 Å². The molecule has 1 heterocycles. The van der Waals surface area contributed by atoms with Crippen LogP contribution in [0.25, 0.3) is 32.9 Å². The van der Waals surface area contributed by atoms with Gasteiger partial charge in [-0.1, -0.05) is 71.0 Å². The Morgan fingerprint density at radius 1 is 0.793 bits per heavy atom. The van der Waals surface area contributed by atoms with E-state index in [2.05, 4.69) is 114 Å². The van der Waals surface area contributed by atoms with Crippen molar-refractivity contribution in [2.24, 2.45) is 7.05 Å². The summed E-state index contributed by atoms with van der Waals surface area (Å²) in [5, 5.41) is 4.07. The summed E-state index contributed by atoms with van der Waals surface area (Å²) >= 11 is 0. The Kier molecular flexibility index (Phi) is 4.73. The van der Waals surface area contributed by atoms with Crippen LogP contribution in [0.1, 0.15) is 57.2 Å². The first kappa shape index (κ1) is 19.6. The Bertz CT molecular complexity index is 1220. The van der Waals surface area contributed by atoms with Gasteiger partial charge in [-0.05, 0) is 57.9 Å². The number of rotatable bonds is 2. The van der Waals surface area contributed by atoms with Crippen LogP contribution >= 0.6 is 0 Å². The molecule has 4 rings (SSSR count). The van der Waals surface area contributed by atoms with E-state index in [0.29, 0.717) is 5.92 Å². The van der Waals surface area contributed by atoms with Gasteiger partial charge in [0.1, 0.15) is 7.05 Å². The van der Waals surface area contributed by atoms with E-state index in [-0.39, 0.29) is 5.41 Å². The monoisotopic (exact) mass is 382 g/mol. The van der Waals surface area contributed by atoms with E-state index in [0.717, 1.165) is 0 Å². The molecule has 148 valence electrons. The first-order valence-corrected chi connectivity index (χ1v) is 10.6. The van der Waals surface area contributed by atoms with Crippen molar-refractivity contribution < 1.29 is 4.57 Å². The molecular formula is C28H32N+. The zero-order valence-electron chi connectivity index (χ0n) is 18.8. The lowest BCUT2D eigenvalue weighted by molar-refractivity contribution is -0.633. The summed E-state index contributed by atoms with van der Waals surface area (Å²) in [6.07, 6.45) is 0. The number of benzene rings is 3. The lowest BCUT2D eigenvalue weighted by atomic mass is 9.80. The molecule has 0 spiro atoms. The Morgan fingerprint density at radius 3 is 2.14 bits per heavy atom. The molecule has 1 nitrogen and oxygen atoms in total. The fourth-order valence-electron chi connectivity index (χ4n) is 4.63. The summed E-state index contributed by atoms with van der Waals surface area (Å²) in [4.78, 5) is 0. The average molecular weight is 383 g/mol. The van der Waals surface area contributed by atoms with Gasteiger partial charge in [0.25, 0.3) is 0 Å². The van der Waals surface area contributed by atoms with Gasteiger partial charge in [0.2, 0.25) is 11.2 Å². The molecule has 0 unspecified atom stereocenters. The molecule has 0 N–H and O–H groups in total. The molecule has 1 heteroatoms. The van der Waals surface area contributed by atoms with E-state index in [1.807, 2.05) is 0 Å². The Morgan fingerprint density at radius 2 is 1.48 bits per heavy atom. The fourth-order valence-corrected chi connectivity index (χ4v) is 4.63. The third-order valence-electron chi connectivity index (χ3n) is 6.27. The summed E-state index contributed by atoms with van der Waals surface area (Å²) in [5.41, 5.74) is 8.14. The number of aryl methyl sites for hydroxylation is 2. The smallest absolute Gasteiger partial charge is 0.194 e. The van der Waals surface area contributed by atoms with E-state index in [1.54, 1.807) is 0 Å². The molecule has 1 aromatic heterocycles. The molecule has 0 saturated carbocycles. The van der Waals surface area contributed by atoms with E-state index in [1.165, 1.54) is 49.6 Å². The van der Waals surface area contributed by atoms with Gasteiger partial charge in [-0.2, -0.15) is 4.57 Å². The molecule has 0 radical (unpaired) electrons. The largest absolute Gasteiger partial charge is 0.213 e. The quantitative estimate of drug-likeness (QED) is 0.322. The lowest BCUT2D eigenvalue weighted by Crippen LogP contribution is -2.32. The second-order valence-corrected chi connectivity index (χ2v) is 9.60. The Hall–Kier alpha value is -2.67. The van der Waals surface area contributed by atoms with Crippen molar-refractivity contribution in [3.05, 3.63) is 77.4 Å². The second kappa shape index (κ2) is 6.99. The van der Waals surface area contributed by atoms with Crippen molar-refractivity contribution in [1.82, 2.24) is 0 Å². The van der Waals surface area contributed by atoms with Crippen LogP contribution in [0, 0.1) is 6.92 Å². The molecule has 3 aromatic carbocycles.